The van der Waals surface area contributed by atoms with Gasteiger partial charge in [-0.15, -0.1) is 0 Å². The number of thioether (sulfide) groups is 1. The number of fused-ring (bicyclic) bond motifs is 1. The number of nitrogens with zero attached hydrogens (tertiary/aromatic N) is 2. The van der Waals surface area contributed by atoms with Crippen molar-refractivity contribution in [3.05, 3.63) is 63.9 Å². The lowest BCUT2D eigenvalue weighted by Gasteiger charge is -2.18. The van der Waals surface area contributed by atoms with Crippen LogP contribution in [0.1, 0.15) is 18.1 Å². The number of carbonyl (C=O) groups is 1. The van der Waals surface area contributed by atoms with Gasteiger partial charge in [-0.25, -0.2) is 4.98 Å². The number of rotatable bonds is 4. The average molecular weight is 367 g/mol. The summed E-state index contributed by atoms with van der Waals surface area (Å²) in [5.74, 6) is -0.106. The van der Waals surface area contributed by atoms with Gasteiger partial charge in [-0.05, 0) is 44.0 Å². The van der Waals surface area contributed by atoms with Crippen LogP contribution in [0.4, 0.5) is 0 Å². The minimum absolute atomic E-state index is 0.106. The van der Waals surface area contributed by atoms with Gasteiger partial charge in [-0.3, -0.25) is 14.2 Å². The van der Waals surface area contributed by atoms with Crippen molar-refractivity contribution < 1.29 is 4.79 Å². The minimum Gasteiger partial charge on any atom is -0.358 e. The van der Waals surface area contributed by atoms with Gasteiger partial charge in [0.1, 0.15) is 0 Å². The molecule has 1 unspecified atom stereocenters. The number of amides is 1. The first-order valence-electron chi connectivity index (χ1n) is 8.40. The Labute approximate surface area is 156 Å². The maximum absolute atomic E-state index is 13.3. The normalized spacial score (nSPS) is 12.2. The third kappa shape index (κ3) is 3.24. The number of benzene rings is 2. The summed E-state index contributed by atoms with van der Waals surface area (Å²) in [4.78, 5) is 30.0. The second-order valence-electron chi connectivity index (χ2n) is 6.17. The molecule has 134 valence electrons. The van der Waals surface area contributed by atoms with Crippen molar-refractivity contribution in [2.45, 2.75) is 31.2 Å². The quantitative estimate of drug-likeness (QED) is 0.568. The molecule has 1 N–H and O–H groups in total. The fourth-order valence-electron chi connectivity index (χ4n) is 2.96. The molecule has 0 aliphatic heterocycles. The third-order valence-electron chi connectivity index (χ3n) is 4.31. The highest BCUT2D eigenvalue weighted by Crippen LogP contribution is 2.27. The molecule has 1 aromatic heterocycles. The van der Waals surface area contributed by atoms with Gasteiger partial charge < -0.3 is 5.32 Å². The molecular weight excluding hydrogens is 346 g/mol. The Hall–Kier alpha value is -2.60. The van der Waals surface area contributed by atoms with Crippen LogP contribution in [0.15, 0.2) is 52.4 Å². The first-order chi connectivity index (χ1) is 12.4. The van der Waals surface area contributed by atoms with Crippen molar-refractivity contribution in [2.75, 3.05) is 7.05 Å². The van der Waals surface area contributed by atoms with Crippen LogP contribution in [-0.4, -0.2) is 27.8 Å². The number of nitrogens with one attached hydrogen (secondary N) is 1. The molecular formula is C20H21N3O2S. The fraction of sp³-hybridized carbons (Fsp3) is 0.250. The summed E-state index contributed by atoms with van der Waals surface area (Å²) >= 11 is 1.28. The van der Waals surface area contributed by atoms with Gasteiger partial charge in [0.25, 0.3) is 5.56 Å². The summed E-state index contributed by atoms with van der Waals surface area (Å²) < 4.78 is 1.64. The minimum atomic E-state index is -0.372. The van der Waals surface area contributed by atoms with E-state index in [0.29, 0.717) is 16.1 Å². The summed E-state index contributed by atoms with van der Waals surface area (Å²) in [5.41, 5.74) is 3.30. The zero-order valence-electron chi connectivity index (χ0n) is 15.2. The maximum atomic E-state index is 13.3. The summed E-state index contributed by atoms with van der Waals surface area (Å²) in [6.07, 6.45) is 0. The van der Waals surface area contributed by atoms with E-state index in [1.807, 2.05) is 50.2 Å². The van der Waals surface area contributed by atoms with E-state index in [1.54, 1.807) is 24.6 Å². The predicted octanol–water partition coefficient (Wildman–Crippen LogP) is 3.23. The molecule has 0 bridgehead atoms. The molecule has 2 aromatic carbocycles. The van der Waals surface area contributed by atoms with Crippen LogP contribution in [-0.2, 0) is 4.79 Å². The summed E-state index contributed by atoms with van der Waals surface area (Å²) in [5, 5.41) is 3.35. The Kier molecular flexibility index (Phi) is 5.13. The Morgan fingerprint density at radius 2 is 1.77 bits per heavy atom. The molecule has 26 heavy (non-hydrogen) atoms. The molecule has 0 saturated carbocycles. The molecule has 0 radical (unpaired) electrons. The predicted molar refractivity (Wildman–Crippen MR) is 106 cm³/mol. The summed E-state index contributed by atoms with van der Waals surface area (Å²) in [6.45, 7) is 5.75. The van der Waals surface area contributed by atoms with Gasteiger partial charge >= 0.3 is 0 Å². The zero-order chi connectivity index (χ0) is 18.8. The van der Waals surface area contributed by atoms with E-state index in [-0.39, 0.29) is 16.7 Å². The van der Waals surface area contributed by atoms with Gasteiger partial charge in [0.05, 0.1) is 21.8 Å². The smallest absolute Gasteiger partial charge is 0.266 e. The van der Waals surface area contributed by atoms with E-state index in [4.69, 9.17) is 4.98 Å². The molecule has 0 aliphatic carbocycles. The average Bonchev–Trinajstić information content (AvgIpc) is 2.63. The molecule has 3 aromatic rings. The van der Waals surface area contributed by atoms with Gasteiger partial charge in [0.2, 0.25) is 5.91 Å². The Bertz CT molecular complexity index is 1020. The van der Waals surface area contributed by atoms with E-state index >= 15 is 0 Å². The Morgan fingerprint density at radius 3 is 2.42 bits per heavy atom. The lowest BCUT2D eigenvalue weighted by atomic mass is 10.1. The van der Waals surface area contributed by atoms with Crippen molar-refractivity contribution >= 4 is 28.6 Å². The largest absolute Gasteiger partial charge is 0.358 e. The zero-order valence-corrected chi connectivity index (χ0v) is 16.1. The Balaban J connectivity index is 2.32. The van der Waals surface area contributed by atoms with Gasteiger partial charge in [-0.2, -0.15) is 0 Å². The van der Waals surface area contributed by atoms with Crippen molar-refractivity contribution in [1.29, 1.82) is 0 Å². The molecule has 0 saturated heterocycles. The van der Waals surface area contributed by atoms with Crippen LogP contribution in [0.3, 0.4) is 0 Å². The SMILES string of the molecule is CNC(=O)C(C)Sc1nc2ccccc2c(=O)n1-c1c(C)cccc1C. The van der Waals surface area contributed by atoms with Crippen LogP contribution in [0.25, 0.3) is 16.6 Å². The Morgan fingerprint density at radius 1 is 1.12 bits per heavy atom. The number of para-hydroxylation sites is 2. The molecule has 3 rings (SSSR count). The molecule has 0 fully saturated rings. The molecule has 0 spiro atoms. The molecule has 6 heteroatoms. The number of aryl methyl sites for hydroxylation is 2. The van der Waals surface area contributed by atoms with Gasteiger partial charge in [0.15, 0.2) is 5.16 Å². The monoisotopic (exact) mass is 367 g/mol. The van der Waals surface area contributed by atoms with Crippen molar-refractivity contribution in [3.63, 3.8) is 0 Å². The van der Waals surface area contributed by atoms with Crippen LogP contribution in [0.2, 0.25) is 0 Å². The number of hydrogen-bond donors (Lipinski definition) is 1. The highest BCUT2D eigenvalue weighted by molar-refractivity contribution is 8.00. The highest BCUT2D eigenvalue weighted by atomic mass is 32.2. The number of aromatic nitrogens is 2. The van der Waals surface area contributed by atoms with Crippen LogP contribution < -0.4 is 10.9 Å². The lowest BCUT2D eigenvalue weighted by Crippen LogP contribution is -2.29. The highest BCUT2D eigenvalue weighted by Gasteiger charge is 2.21. The second kappa shape index (κ2) is 7.33. The van der Waals surface area contributed by atoms with Crippen molar-refractivity contribution in [2.24, 2.45) is 0 Å². The maximum Gasteiger partial charge on any atom is 0.266 e. The van der Waals surface area contributed by atoms with Crippen molar-refractivity contribution in [1.82, 2.24) is 14.9 Å². The van der Waals surface area contributed by atoms with E-state index in [2.05, 4.69) is 5.32 Å². The van der Waals surface area contributed by atoms with E-state index in [1.165, 1.54) is 11.8 Å². The standard InChI is InChI=1S/C20H21N3O2S/c1-12-8-7-9-13(2)17(12)23-19(25)15-10-5-6-11-16(15)22-20(23)26-14(3)18(24)21-4/h5-11,14H,1-4H3,(H,21,24). The van der Waals surface area contributed by atoms with E-state index < -0.39 is 0 Å². The molecule has 1 heterocycles. The third-order valence-corrected chi connectivity index (χ3v) is 5.36. The molecule has 0 aliphatic rings. The molecule has 1 atom stereocenters. The summed E-state index contributed by atoms with van der Waals surface area (Å²) in [6, 6.07) is 13.2. The summed E-state index contributed by atoms with van der Waals surface area (Å²) in [7, 11) is 1.60. The van der Waals surface area contributed by atoms with Crippen molar-refractivity contribution in [3.8, 4) is 5.69 Å². The van der Waals surface area contributed by atoms with E-state index in [0.717, 1.165) is 16.8 Å². The van der Waals surface area contributed by atoms with Crippen LogP contribution in [0.5, 0.6) is 0 Å². The van der Waals surface area contributed by atoms with Gasteiger partial charge in [0, 0.05) is 7.05 Å². The van der Waals surface area contributed by atoms with E-state index in [9.17, 15) is 9.59 Å². The van der Waals surface area contributed by atoms with Crippen LogP contribution in [0, 0.1) is 13.8 Å². The number of hydrogen-bond acceptors (Lipinski definition) is 4. The first kappa shape index (κ1) is 18.2. The molecule has 5 nitrogen and oxygen atoms in total. The first-order valence-corrected chi connectivity index (χ1v) is 9.28. The second-order valence-corrected chi connectivity index (χ2v) is 7.47. The van der Waals surface area contributed by atoms with Gasteiger partial charge in [-0.1, -0.05) is 42.1 Å². The fourth-order valence-corrected chi connectivity index (χ4v) is 3.93. The topological polar surface area (TPSA) is 64.0 Å². The molecule has 1 amide bonds. The number of carbonyl (C=O) groups excluding carboxylic acids is 1. The lowest BCUT2D eigenvalue weighted by molar-refractivity contribution is -0.119. The van der Waals surface area contributed by atoms with Crippen LogP contribution >= 0.6 is 11.8 Å².